The molecule has 0 aliphatic heterocycles. The fourth-order valence-corrected chi connectivity index (χ4v) is 1.58. The smallest absolute Gasteiger partial charge is 0.411 e. The summed E-state index contributed by atoms with van der Waals surface area (Å²) in [5, 5.41) is 3.12. The van der Waals surface area contributed by atoms with Crippen LogP contribution in [0.2, 0.25) is 0 Å². The Morgan fingerprint density at radius 2 is 2.00 bits per heavy atom. The van der Waals surface area contributed by atoms with Crippen LogP contribution in [0.25, 0.3) is 0 Å². The Bertz CT molecular complexity index is 396. The van der Waals surface area contributed by atoms with Gasteiger partial charge in [0.2, 0.25) is 0 Å². The van der Waals surface area contributed by atoms with E-state index in [4.69, 9.17) is 4.74 Å². The summed E-state index contributed by atoms with van der Waals surface area (Å²) in [7, 11) is 1.87. The SMILES string of the molecule is CNC(C)c1cccc(OCCCOCC(F)(F)F)c1. The first-order valence-electron chi connectivity index (χ1n) is 6.47. The van der Waals surface area contributed by atoms with Crippen molar-refractivity contribution in [3.8, 4) is 5.75 Å². The van der Waals surface area contributed by atoms with Crippen LogP contribution in [0.3, 0.4) is 0 Å². The minimum Gasteiger partial charge on any atom is -0.493 e. The lowest BCUT2D eigenvalue weighted by Gasteiger charge is -2.13. The lowest BCUT2D eigenvalue weighted by molar-refractivity contribution is -0.174. The lowest BCUT2D eigenvalue weighted by Crippen LogP contribution is -2.18. The molecule has 1 aromatic rings. The molecule has 6 heteroatoms. The number of benzene rings is 1. The van der Waals surface area contributed by atoms with E-state index in [1.54, 1.807) is 0 Å². The van der Waals surface area contributed by atoms with Crippen LogP contribution in [0.5, 0.6) is 5.75 Å². The molecular weight excluding hydrogens is 271 g/mol. The van der Waals surface area contributed by atoms with Gasteiger partial charge in [0.15, 0.2) is 0 Å². The summed E-state index contributed by atoms with van der Waals surface area (Å²) in [5.74, 6) is 0.709. The highest BCUT2D eigenvalue weighted by Crippen LogP contribution is 2.19. The van der Waals surface area contributed by atoms with Gasteiger partial charge in [-0.15, -0.1) is 0 Å². The van der Waals surface area contributed by atoms with Crippen molar-refractivity contribution in [3.05, 3.63) is 29.8 Å². The summed E-state index contributed by atoms with van der Waals surface area (Å²) in [6.07, 6.45) is -3.85. The second-order valence-electron chi connectivity index (χ2n) is 4.45. The first-order valence-corrected chi connectivity index (χ1v) is 6.47. The van der Waals surface area contributed by atoms with Gasteiger partial charge in [0.05, 0.1) is 13.2 Å². The predicted molar refractivity (Wildman–Crippen MR) is 70.9 cm³/mol. The summed E-state index contributed by atoms with van der Waals surface area (Å²) >= 11 is 0. The number of nitrogens with one attached hydrogen (secondary N) is 1. The van der Waals surface area contributed by atoms with Gasteiger partial charge in [0, 0.05) is 12.5 Å². The Morgan fingerprint density at radius 3 is 2.65 bits per heavy atom. The van der Waals surface area contributed by atoms with Gasteiger partial charge in [-0.05, 0) is 31.7 Å². The predicted octanol–water partition coefficient (Wildman–Crippen LogP) is 3.31. The molecule has 0 saturated heterocycles. The Balaban J connectivity index is 2.25. The summed E-state index contributed by atoms with van der Waals surface area (Å²) < 4.78 is 45.4. The van der Waals surface area contributed by atoms with E-state index < -0.39 is 12.8 Å². The molecule has 1 rings (SSSR count). The van der Waals surface area contributed by atoms with Crippen molar-refractivity contribution in [2.75, 3.05) is 26.9 Å². The fourth-order valence-electron chi connectivity index (χ4n) is 1.58. The molecule has 1 unspecified atom stereocenters. The van der Waals surface area contributed by atoms with Crippen molar-refractivity contribution in [2.24, 2.45) is 0 Å². The van der Waals surface area contributed by atoms with Crippen molar-refractivity contribution in [2.45, 2.75) is 25.6 Å². The summed E-state index contributed by atoms with van der Waals surface area (Å²) in [6, 6.07) is 7.83. The number of rotatable bonds is 8. The Morgan fingerprint density at radius 1 is 1.25 bits per heavy atom. The molecule has 1 N–H and O–H groups in total. The lowest BCUT2D eigenvalue weighted by atomic mass is 10.1. The van der Waals surface area contributed by atoms with E-state index in [-0.39, 0.29) is 12.6 Å². The molecule has 0 saturated carbocycles. The molecule has 1 atom stereocenters. The zero-order chi connectivity index (χ0) is 15.0. The second kappa shape index (κ2) is 8.11. The van der Waals surface area contributed by atoms with Crippen molar-refractivity contribution >= 4 is 0 Å². The average Bonchev–Trinajstić information content (AvgIpc) is 2.41. The zero-order valence-corrected chi connectivity index (χ0v) is 11.7. The van der Waals surface area contributed by atoms with Crippen LogP contribution in [0.1, 0.15) is 24.9 Å². The van der Waals surface area contributed by atoms with E-state index in [0.29, 0.717) is 18.8 Å². The number of halogens is 3. The van der Waals surface area contributed by atoms with Crippen molar-refractivity contribution in [1.29, 1.82) is 0 Å². The maximum Gasteiger partial charge on any atom is 0.411 e. The van der Waals surface area contributed by atoms with Gasteiger partial charge in [0.1, 0.15) is 12.4 Å². The first-order chi connectivity index (χ1) is 9.42. The molecule has 3 nitrogen and oxygen atoms in total. The van der Waals surface area contributed by atoms with Crippen molar-refractivity contribution < 1.29 is 22.6 Å². The highest BCUT2D eigenvalue weighted by molar-refractivity contribution is 5.30. The summed E-state index contributed by atoms with van der Waals surface area (Å²) in [6.45, 7) is 1.19. The standard InChI is InChI=1S/C14H20F3NO2/c1-11(18-2)12-5-3-6-13(9-12)20-8-4-7-19-10-14(15,16)17/h3,5-6,9,11,18H,4,7-8,10H2,1-2H3. The van der Waals surface area contributed by atoms with E-state index in [2.05, 4.69) is 10.1 Å². The molecule has 0 aliphatic carbocycles. The van der Waals surface area contributed by atoms with Gasteiger partial charge >= 0.3 is 6.18 Å². The minimum atomic E-state index is -4.27. The topological polar surface area (TPSA) is 30.5 Å². The summed E-state index contributed by atoms with van der Waals surface area (Å²) in [5.41, 5.74) is 1.10. The van der Waals surface area contributed by atoms with Gasteiger partial charge < -0.3 is 14.8 Å². The number of hydrogen-bond acceptors (Lipinski definition) is 3. The third-order valence-electron chi connectivity index (χ3n) is 2.76. The van der Waals surface area contributed by atoms with E-state index in [1.165, 1.54) is 0 Å². The van der Waals surface area contributed by atoms with E-state index in [9.17, 15) is 13.2 Å². The Labute approximate surface area is 117 Å². The molecular formula is C14H20F3NO2. The van der Waals surface area contributed by atoms with E-state index in [0.717, 1.165) is 5.56 Å². The highest BCUT2D eigenvalue weighted by atomic mass is 19.4. The number of hydrogen-bond donors (Lipinski definition) is 1. The molecule has 0 radical (unpaired) electrons. The molecule has 0 spiro atoms. The monoisotopic (exact) mass is 291 g/mol. The third kappa shape index (κ3) is 6.77. The molecule has 0 bridgehead atoms. The quantitative estimate of drug-likeness (QED) is 0.745. The molecule has 0 aliphatic rings. The van der Waals surface area contributed by atoms with Gasteiger partial charge in [-0.1, -0.05) is 12.1 Å². The van der Waals surface area contributed by atoms with Gasteiger partial charge in [-0.25, -0.2) is 0 Å². The molecule has 0 fully saturated rings. The van der Waals surface area contributed by atoms with Gasteiger partial charge in [-0.3, -0.25) is 0 Å². The minimum absolute atomic E-state index is 0.0338. The zero-order valence-electron chi connectivity index (χ0n) is 11.7. The largest absolute Gasteiger partial charge is 0.493 e. The van der Waals surface area contributed by atoms with Gasteiger partial charge in [-0.2, -0.15) is 13.2 Å². The van der Waals surface area contributed by atoms with Crippen LogP contribution in [0.4, 0.5) is 13.2 Å². The molecule has 0 heterocycles. The average molecular weight is 291 g/mol. The van der Waals surface area contributed by atoms with Crippen LogP contribution < -0.4 is 10.1 Å². The normalized spacial score (nSPS) is 13.2. The maximum atomic E-state index is 11.8. The van der Waals surface area contributed by atoms with Crippen LogP contribution >= 0.6 is 0 Å². The Hall–Kier alpha value is -1.27. The van der Waals surface area contributed by atoms with Crippen molar-refractivity contribution in [1.82, 2.24) is 5.32 Å². The summed E-state index contributed by atoms with van der Waals surface area (Å²) in [4.78, 5) is 0. The van der Waals surface area contributed by atoms with E-state index in [1.807, 2.05) is 38.2 Å². The molecule has 1 aromatic carbocycles. The molecule has 0 amide bonds. The number of ether oxygens (including phenoxy) is 2. The highest BCUT2D eigenvalue weighted by Gasteiger charge is 2.27. The number of alkyl halides is 3. The van der Waals surface area contributed by atoms with Crippen LogP contribution in [-0.4, -0.2) is 33.0 Å². The fraction of sp³-hybridized carbons (Fsp3) is 0.571. The molecule has 0 aromatic heterocycles. The van der Waals surface area contributed by atoms with Crippen molar-refractivity contribution in [3.63, 3.8) is 0 Å². The van der Waals surface area contributed by atoms with Crippen LogP contribution in [0, 0.1) is 0 Å². The van der Waals surface area contributed by atoms with Crippen LogP contribution in [0.15, 0.2) is 24.3 Å². The maximum absolute atomic E-state index is 11.8. The van der Waals surface area contributed by atoms with Crippen LogP contribution in [-0.2, 0) is 4.74 Å². The van der Waals surface area contributed by atoms with E-state index >= 15 is 0 Å². The molecule has 114 valence electrons. The van der Waals surface area contributed by atoms with Gasteiger partial charge in [0.25, 0.3) is 0 Å². The Kier molecular flexibility index (Phi) is 6.81. The first kappa shape index (κ1) is 16.8. The second-order valence-corrected chi connectivity index (χ2v) is 4.45. The third-order valence-corrected chi connectivity index (χ3v) is 2.76. The molecule has 20 heavy (non-hydrogen) atoms.